The van der Waals surface area contributed by atoms with Gasteiger partial charge in [-0.05, 0) is 41.7 Å². The van der Waals surface area contributed by atoms with E-state index >= 15 is 0 Å². The monoisotopic (exact) mass is 288 g/mol. The SMILES string of the molecule is Cc1cc(C(C)(C)C)ccc1OP(O)c1ccccc1. The second-order valence-corrected chi connectivity index (χ2v) is 7.17. The Kier molecular flexibility index (Phi) is 4.47. The maximum absolute atomic E-state index is 10.2. The Morgan fingerprint density at radius 2 is 1.65 bits per heavy atom. The lowest BCUT2D eigenvalue weighted by atomic mass is 9.86. The number of aryl methyl sites for hydroxylation is 1. The second kappa shape index (κ2) is 5.95. The predicted molar refractivity (Wildman–Crippen MR) is 85.7 cm³/mol. The standard InChI is InChI=1S/C17H21O2P/c1-13-12-14(17(2,3)4)10-11-16(13)19-20(18)15-8-6-5-7-9-15/h5-12,18H,1-4H3. The molecule has 0 bridgehead atoms. The minimum Gasteiger partial charge on any atom is -0.444 e. The summed E-state index contributed by atoms with van der Waals surface area (Å²) in [5, 5.41) is 0.821. The van der Waals surface area contributed by atoms with Crippen LogP contribution in [0.5, 0.6) is 5.75 Å². The van der Waals surface area contributed by atoms with E-state index in [4.69, 9.17) is 4.52 Å². The first-order chi connectivity index (χ1) is 9.38. The molecule has 2 nitrogen and oxygen atoms in total. The van der Waals surface area contributed by atoms with E-state index in [1.165, 1.54) is 5.56 Å². The van der Waals surface area contributed by atoms with Crippen LogP contribution in [0.1, 0.15) is 31.9 Å². The highest BCUT2D eigenvalue weighted by atomic mass is 31.2. The average Bonchev–Trinajstić information content (AvgIpc) is 2.41. The molecule has 0 saturated carbocycles. The van der Waals surface area contributed by atoms with E-state index in [9.17, 15) is 4.89 Å². The van der Waals surface area contributed by atoms with Gasteiger partial charge >= 0.3 is 0 Å². The first-order valence-electron chi connectivity index (χ1n) is 6.71. The van der Waals surface area contributed by atoms with Gasteiger partial charge in [-0.15, -0.1) is 0 Å². The van der Waals surface area contributed by atoms with Crippen molar-refractivity contribution in [2.75, 3.05) is 0 Å². The van der Waals surface area contributed by atoms with Crippen LogP contribution in [0.2, 0.25) is 0 Å². The van der Waals surface area contributed by atoms with Gasteiger partial charge in [0.25, 0.3) is 8.38 Å². The minimum absolute atomic E-state index is 0.118. The quantitative estimate of drug-likeness (QED) is 0.853. The smallest absolute Gasteiger partial charge is 0.262 e. The summed E-state index contributed by atoms with van der Waals surface area (Å²) in [5.41, 5.74) is 2.44. The highest BCUT2D eigenvalue weighted by Crippen LogP contribution is 2.36. The van der Waals surface area contributed by atoms with Crippen LogP contribution in [0.3, 0.4) is 0 Å². The molecule has 0 aliphatic rings. The fraction of sp³-hybridized carbons (Fsp3) is 0.294. The Morgan fingerprint density at radius 3 is 2.20 bits per heavy atom. The molecule has 0 radical (unpaired) electrons. The molecule has 0 aliphatic carbocycles. The van der Waals surface area contributed by atoms with Gasteiger partial charge in [-0.2, -0.15) is 0 Å². The van der Waals surface area contributed by atoms with Crippen LogP contribution in [-0.4, -0.2) is 4.89 Å². The normalized spacial score (nSPS) is 13.1. The van der Waals surface area contributed by atoms with E-state index in [1.54, 1.807) is 0 Å². The van der Waals surface area contributed by atoms with Gasteiger partial charge in [0.1, 0.15) is 5.75 Å². The molecule has 0 aromatic heterocycles. The largest absolute Gasteiger partial charge is 0.444 e. The van der Waals surface area contributed by atoms with Gasteiger partial charge in [-0.1, -0.05) is 51.1 Å². The molecule has 1 atom stereocenters. The van der Waals surface area contributed by atoms with Gasteiger partial charge in [0.15, 0.2) is 0 Å². The number of rotatable bonds is 3. The maximum atomic E-state index is 10.2. The Bertz CT molecular complexity index is 573. The van der Waals surface area contributed by atoms with Crippen molar-refractivity contribution >= 4 is 13.7 Å². The van der Waals surface area contributed by atoms with Crippen molar-refractivity contribution in [3.8, 4) is 5.75 Å². The molecule has 2 rings (SSSR count). The summed E-state index contributed by atoms with van der Waals surface area (Å²) in [5.74, 6) is 0.746. The van der Waals surface area contributed by atoms with Crippen LogP contribution in [-0.2, 0) is 5.41 Å². The van der Waals surface area contributed by atoms with E-state index < -0.39 is 8.38 Å². The summed E-state index contributed by atoms with van der Waals surface area (Å²) in [6.07, 6.45) is 0. The summed E-state index contributed by atoms with van der Waals surface area (Å²) in [4.78, 5) is 10.2. The fourth-order valence-electron chi connectivity index (χ4n) is 1.92. The summed E-state index contributed by atoms with van der Waals surface area (Å²) >= 11 is 0. The molecular formula is C17H21O2P. The highest BCUT2D eigenvalue weighted by Gasteiger charge is 2.16. The molecule has 1 unspecified atom stereocenters. The van der Waals surface area contributed by atoms with Crippen LogP contribution < -0.4 is 9.83 Å². The van der Waals surface area contributed by atoms with Crippen molar-refractivity contribution in [3.05, 3.63) is 59.7 Å². The molecule has 3 heteroatoms. The molecule has 0 aliphatic heterocycles. The van der Waals surface area contributed by atoms with E-state index in [2.05, 4.69) is 32.9 Å². The molecule has 0 amide bonds. The Hall–Kier alpha value is -1.37. The fourth-order valence-corrected chi connectivity index (χ4v) is 2.84. The van der Waals surface area contributed by atoms with Crippen molar-refractivity contribution in [3.63, 3.8) is 0 Å². The van der Waals surface area contributed by atoms with Crippen LogP contribution in [0.15, 0.2) is 48.5 Å². The minimum atomic E-state index is -1.61. The highest BCUT2D eigenvalue weighted by molar-refractivity contribution is 7.55. The molecule has 20 heavy (non-hydrogen) atoms. The average molecular weight is 288 g/mol. The third kappa shape index (κ3) is 3.59. The Balaban J connectivity index is 2.18. The van der Waals surface area contributed by atoms with Crippen molar-refractivity contribution in [1.82, 2.24) is 0 Å². The van der Waals surface area contributed by atoms with Crippen molar-refractivity contribution in [2.24, 2.45) is 0 Å². The van der Waals surface area contributed by atoms with Crippen LogP contribution in [0.25, 0.3) is 0 Å². The number of hydrogen-bond acceptors (Lipinski definition) is 2. The van der Waals surface area contributed by atoms with Gasteiger partial charge in [-0.25, -0.2) is 0 Å². The zero-order valence-electron chi connectivity index (χ0n) is 12.4. The summed E-state index contributed by atoms with van der Waals surface area (Å²) in [6, 6.07) is 15.6. The van der Waals surface area contributed by atoms with Gasteiger partial charge in [0.2, 0.25) is 0 Å². The van der Waals surface area contributed by atoms with Gasteiger partial charge in [0.05, 0.1) is 0 Å². The van der Waals surface area contributed by atoms with E-state index in [0.717, 1.165) is 16.6 Å². The molecule has 1 N–H and O–H groups in total. The van der Waals surface area contributed by atoms with Gasteiger partial charge in [0, 0.05) is 5.30 Å². The van der Waals surface area contributed by atoms with E-state index in [-0.39, 0.29) is 5.41 Å². The lowest BCUT2D eigenvalue weighted by Gasteiger charge is -2.21. The molecule has 0 saturated heterocycles. The first kappa shape index (κ1) is 15.0. The molecular weight excluding hydrogens is 267 g/mol. The van der Waals surface area contributed by atoms with E-state index in [0.29, 0.717) is 0 Å². The molecule has 0 fully saturated rings. The Labute approximate surface area is 122 Å². The van der Waals surface area contributed by atoms with Crippen molar-refractivity contribution in [1.29, 1.82) is 0 Å². The van der Waals surface area contributed by atoms with Crippen molar-refractivity contribution < 1.29 is 9.42 Å². The number of benzene rings is 2. The van der Waals surface area contributed by atoms with Crippen LogP contribution in [0, 0.1) is 6.92 Å². The zero-order chi connectivity index (χ0) is 14.8. The van der Waals surface area contributed by atoms with Crippen LogP contribution in [0.4, 0.5) is 0 Å². The predicted octanol–water partition coefficient (Wildman–Crippen LogP) is 4.30. The summed E-state index contributed by atoms with van der Waals surface area (Å²) in [7, 11) is -1.61. The number of hydrogen-bond donors (Lipinski definition) is 1. The third-order valence-electron chi connectivity index (χ3n) is 3.20. The van der Waals surface area contributed by atoms with Gasteiger partial charge < -0.3 is 9.42 Å². The second-order valence-electron chi connectivity index (χ2n) is 5.93. The lowest BCUT2D eigenvalue weighted by Crippen LogP contribution is -2.11. The molecule has 0 spiro atoms. The van der Waals surface area contributed by atoms with E-state index in [1.807, 2.05) is 43.3 Å². The lowest BCUT2D eigenvalue weighted by molar-refractivity contribution is 0.496. The van der Waals surface area contributed by atoms with Crippen molar-refractivity contribution in [2.45, 2.75) is 33.1 Å². The molecule has 2 aromatic rings. The molecule has 0 heterocycles. The third-order valence-corrected chi connectivity index (χ3v) is 4.31. The maximum Gasteiger partial charge on any atom is 0.262 e. The van der Waals surface area contributed by atoms with Gasteiger partial charge in [-0.3, -0.25) is 0 Å². The first-order valence-corrected chi connectivity index (χ1v) is 7.92. The summed E-state index contributed by atoms with van der Waals surface area (Å²) in [6.45, 7) is 8.57. The van der Waals surface area contributed by atoms with Crippen LogP contribution >= 0.6 is 8.38 Å². The Morgan fingerprint density at radius 1 is 1.00 bits per heavy atom. The molecule has 106 valence electrons. The summed E-state index contributed by atoms with van der Waals surface area (Å²) < 4.78 is 5.72. The topological polar surface area (TPSA) is 29.5 Å². The molecule has 2 aromatic carbocycles. The zero-order valence-corrected chi connectivity index (χ0v) is 13.3.